The number of esters is 3. The molecule has 206 valence electrons. The van der Waals surface area contributed by atoms with E-state index in [1.54, 1.807) is 38.1 Å². The van der Waals surface area contributed by atoms with Gasteiger partial charge in [-0.1, -0.05) is 12.1 Å². The van der Waals surface area contributed by atoms with Crippen molar-refractivity contribution in [2.45, 2.75) is 33.7 Å². The molecule has 3 heterocycles. The first-order chi connectivity index (χ1) is 19.2. The molecule has 0 saturated carbocycles. The van der Waals surface area contributed by atoms with Gasteiger partial charge in [0.1, 0.15) is 5.35 Å². The van der Waals surface area contributed by atoms with Crippen LogP contribution >= 0.6 is 0 Å². The number of carbonyl (C=O) groups excluding carboxylic acids is 3. The molecule has 40 heavy (non-hydrogen) atoms. The minimum atomic E-state index is -0.866. The van der Waals surface area contributed by atoms with E-state index in [0.717, 1.165) is 0 Å². The Labute approximate surface area is 227 Å². The molecular weight excluding hydrogens is 522 g/mol. The number of allylic oxidation sites excluding steroid dienone is 1. The van der Waals surface area contributed by atoms with E-state index in [2.05, 4.69) is 9.98 Å². The Balaban J connectivity index is 1.66. The lowest BCUT2D eigenvalue weighted by atomic mass is 9.95. The average Bonchev–Trinajstić information content (AvgIpc) is 3.48. The third-order valence-electron chi connectivity index (χ3n) is 6.11. The highest BCUT2D eigenvalue weighted by atomic mass is 16.7. The monoisotopic (exact) mass is 547 g/mol. The number of aromatic nitrogens is 2. The van der Waals surface area contributed by atoms with Crippen molar-refractivity contribution in [1.82, 2.24) is 9.55 Å². The summed E-state index contributed by atoms with van der Waals surface area (Å²) in [6.07, 6.45) is 1.53. The Hall–Kier alpha value is -5.13. The van der Waals surface area contributed by atoms with Crippen LogP contribution in [0.1, 0.15) is 44.9 Å². The number of aromatic amines is 1. The summed E-state index contributed by atoms with van der Waals surface area (Å²) < 4.78 is 27.9. The number of carbonyl (C=O) groups is 3. The van der Waals surface area contributed by atoms with Gasteiger partial charge in [0.15, 0.2) is 23.0 Å². The van der Waals surface area contributed by atoms with Crippen molar-refractivity contribution in [2.24, 2.45) is 4.99 Å². The van der Waals surface area contributed by atoms with Crippen molar-refractivity contribution in [2.75, 3.05) is 13.4 Å². The first kappa shape index (κ1) is 26.5. The number of H-pyrrole nitrogens is 1. The number of nitrogens with zero attached hydrogens (tertiary/aromatic N) is 2. The van der Waals surface area contributed by atoms with E-state index in [9.17, 15) is 19.2 Å². The molecule has 1 atom stereocenters. The molecule has 0 amide bonds. The summed E-state index contributed by atoms with van der Waals surface area (Å²) >= 11 is 0. The predicted molar refractivity (Wildman–Crippen MR) is 138 cm³/mol. The van der Waals surface area contributed by atoms with Gasteiger partial charge in [0, 0.05) is 13.8 Å². The van der Waals surface area contributed by atoms with E-state index in [0.29, 0.717) is 28.3 Å². The number of fused-ring (bicyclic) bond motifs is 2. The molecule has 1 N–H and O–H groups in total. The second-order valence-corrected chi connectivity index (χ2v) is 8.92. The number of imidazole rings is 1. The second kappa shape index (κ2) is 10.6. The number of hydrogen-bond acceptors (Lipinski definition) is 10. The molecule has 12 nitrogen and oxygen atoms in total. The SMILES string of the molecule is CCOC(=O)C1=C(C)N=c2[nH]/c(=C/c3ccc(OC(C)=O)c(OC(C)=O)c3)c(=O)n2C1c1ccc2c(c1)OCO2. The predicted octanol–water partition coefficient (Wildman–Crippen LogP) is 1.64. The smallest absolute Gasteiger partial charge is 0.338 e. The highest BCUT2D eigenvalue weighted by molar-refractivity contribution is 5.91. The molecule has 1 aromatic heterocycles. The molecule has 0 spiro atoms. The largest absolute Gasteiger partial charge is 0.463 e. The Morgan fingerprint density at radius 3 is 2.50 bits per heavy atom. The molecule has 2 aromatic carbocycles. The molecule has 3 aromatic rings. The lowest BCUT2D eigenvalue weighted by Crippen LogP contribution is -2.40. The van der Waals surface area contributed by atoms with Gasteiger partial charge in [-0.05, 0) is 55.3 Å². The van der Waals surface area contributed by atoms with Gasteiger partial charge in [-0.2, -0.15) is 0 Å². The van der Waals surface area contributed by atoms with Crippen LogP contribution in [-0.4, -0.2) is 40.9 Å². The zero-order valence-electron chi connectivity index (χ0n) is 22.1. The van der Waals surface area contributed by atoms with E-state index in [-0.39, 0.29) is 41.4 Å². The third kappa shape index (κ3) is 4.98. The fraction of sp³-hybridized carbons (Fsp3) is 0.250. The van der Waals surface area contributed by atoms with Gasteiger partial charge in [-0.3, -0.25) is 19.0 Å². The maximum absolute atomic E-state index is 13.8. The third-order valence-corrected chi connectivity index (χ3v) is 6.11. The summed E-state index contributed by atoms with van der Waals surface area (Å²) in [6, 6.07) is 8.83. The van der Waals surface area contributed by atoms with Crippen LogP contribution in [0.2, 0.25) is 0 Å². The number of ether oxygens (including phenoxy) is 5. The van der Waals surface area contributed by atoms with E-state index >= 15 is 0 Å². The van der Waals surface area contributed by atoms with Crippen LogP contribution in [0.3, 0.4) is 0 Å². The molecule has 2 aliphatic heterocycles. The maximum Gasteiger partial charge on any atom is 0.338 e. The normalized spacial score (nSPS) is 15.8. The van der Waals surface area contributed by atoms with Crippen LogP contribution in [0.4, 0.5) is 0 Å². The number of hydrogen-bond donors (Lipinski definition) is 1. The van der Waals surface area contributed by atoms with Gasteiger partial charge in [0.2, 0.25) is 12.4 Å². The molecule has 1 unspecified atom stereocenters. The van der Waals surface area contributed by atoms with Gasteiger partial charge < -0.3 is 28.7 Å². The van der Waals surface area contributed by atoms with Crippen molar-refractivity contribution < 1.29 is 38.1 Å². The van der Waals surface area contributed by atoms with Crippen molar-refractivity contribution in [3.05, 3.63) is 80.1 Å². The summed E-state index contributed by atoms with van der Waals surface area (Å²) in [5.74, 6) is -0.682. The standard InChI is InChI=1S/C28H25N3O9/c1-5-36-27(35)24-14(2)29-28-30-19(10-17-6-8-21(39-15(3)32)23(11-17)40-16(4)33)26(34)31(28)25(24)18-7-9-20-22(12-18)38-13-37-20/h6-12,25H,5,13H2,1-4H3,(H,29,30)/b19-10+. The van der Waals surface area contributed by atoms with Crippen LogP contribution in [0.25, 0.3) is 6.08 Å². The Morgan fingerprint density at radius 2 is 1.77 bits per heavy atom. The quantitative estimate of drug-likeness (QED) is 0.359. The fourth-order valence-electron chi connectivity index (χ4n) is 4.55. The van der Waals surface area contributed by atoms with Gasteiger partial charge in [0.05, 0.1) is 23.9 Å². The average molecular weight is 548 g/mol. The number of benzene rings is 2. The molecule has 2 aliphatic rings. The molecule has 0 saturated heterocycles. The molecule has 0 bridgehead atoms. The Kier molecular flexibility index (Phi) is 6.99. The molecule has 0 fully saturated rings. The number of rotatable bonds is 6. The van der Waals surface area contributed by atoms with E-state index in [4.69, 9.17) is 23.7 Å². The van der Waals surface area contributed by atoms with E-state index in [1.165, 1.54) is 36.6 Å². The lowest BCUT2D eigenvalue weighted by Gasteiger charge is -2.24. The van der Waals surface area contributed by atoms with Crippen molar-refractivity contribution in [3.8, 4) is 23.0 Å². The fourth-order valence-corrected chi connectivity index (χ4v) is 4.55. The molecule has 5 rings (SSSR count). The van der Waals surface area contributed by atoms with Crippen LogP contribution < -0.4 is 35.5 Å². The zero-order valence-corrected chi connectivity index (χ0v) is 22.1. The summed E-state index contributed by atoms with van der Waals surface area (Å²) in [5.41, 5.74) is 1.42. The topological polar surface area (TPSA) is 148 Å². The van der Waals surface area contributed by atoms with Crippen molar-refractivity contribution in [3.63, 3.8) is 0 Å². The van der Waals surface area contributed by atoms with E-state index in [1.807, 2.05) is 0 Å². The highest BCUT2D eigenvalue weighted by Gasteiger charge is 2.34. The molecule has 0 aliphatic carbocycles. The van der Waals surface area contributed by atoms with Crippen molar-refractivity contribution in [1.29, 1.82) is 0 Å². The summed E-state index contributed by atoms with van der Waals surface area (Å²) in [6.45, 7) is 6.02. The maximum atomic E-state index is 13.8. The van der Waals surface area contributed by atoms with Crippen LogP contribution in [0.15, 0.2) is 57.5 Å². The van der Waals surface area contributed by atoms with Crippen LogP contribution in [0, 0.1) is 0 Å². The minimum Gasteiger partial charge on any atom is -0.463 e. The van der Waals surface area contributed by atoms with Crippen LogP contribution in [0.5, 0.6) is 23.0 Å². The first-order valence-electron chi connectivity index (χ1n) is 12.4. The van der Waals surface area contributed by atoms with Gasteiger partial charge in [-0.25, -0.2) is 9.79 Å². The molecule has 12 heteroatoms. The molecule has 0 radical (unpaired) electrons. The second-order valence-electron chi connectivity index (χ2n) is 8.92. The van der Waals surface area contributed by atoms with Gasteiger partial charge in [0.25, 0.3) is 5.56 Å². The highest BCUT2D eigenvalue weighted by Crippen LogP contribution is 2.38. The van der Waals surface area contributed by atoms with Gasteiger partial charge in [-0.15, -0.1) is 0 Å². The summed E-state index contributed by atoms with van der Waals surface area (Å²) in [4.78, 5) is 57.4. The lowest BCUT2D eigenvalue weighted by molar-refractivity contribution is -0.139. The van der Waals surface area contributed by atoms with Gasteiger partial charge >= 0.3 is 17.9 Å². The molecular formula is C28H25N3O9. The van der Waals surface area contributed by atoms with E-state index < -0.39 is 29.5 Å². The zero-order chi connectivity index (χ0) is 28.6. The Morgan fingerprint density at radius 1 is 1.05 bits per heavy atom. The summed E-state index contributed by atoms with van der Waals surface area (Å²) in [7, 11) is 0. The Bertz CT molecular complexity index is 1760. The minimum absolute atomic E-state index is 0.0119. The van der Waals surface area contributed by atoms with Crippen LogP contribution in [-0.2, 0) is 19.1 Å². The first-order valence-corrected chi connectivity index (χ1v) is 12.4. The van der Waals surface area contributed by atoms with Crippen molar-refractivity contribution >= 4 is 24.0 Å². The number of nitrogens with one attached hydrogen (secondary N) is 1. The summed E-state index contributed by atoms with van der Waals surface area (Å²) in [5, 5.41) is 0.149.